The summed E-state index contributed by atoms with van der Waals surface area (Å²) in [6.07, 6.45) is 3.12. The average molecular weight is 302 g/mol. The van der Waals surface area contributed by atoms with Crippen LogP contribution >= 0.6 is 0 Å². The highest BCUT2D eigenvalue weighted by atomic mass is 16.4. The Kier molecular flexibility index (Phi) is 5.09. The average Bonchev–Trinajstić information content (AvgIpc) is 3.01. The zero-order valence-corrected chi connectivity index (χ0v) is 12.1. The number of hydrogen-bond acceptors (Lipinski definition) is 3. The highest BCUT2D eigenvalue weighted by Gasteiger charge is 2.28. The monoisotopic (exact) mass is 302 g/mol. The molecule has 0 bridgehead atoms. The fraction of sp³-hybridized carbons (Fsp3) is 0.353. The summed E-state index contributed by atoms with van der Waals surface area (Å²) in [6, 6.07) is 8.05. The fourth-order valence-electron chi connectivity index (χ4n) is 2.87. The number of carbonyl (C=O) groups is 3. The van der Waals surface area contributed by atoms with Gasteiger partial charge >= 0.3 is 11.9 Å². The molecule has 2 rings (SSSR count). The van der Waals surface area contributed by atoms with Gasteiger partial charge in [-0.25, -0.2) is 9.59 Å². The maximum atomic E-state index is 12.2. The number of Topliss-reactive ketones (excluding diaryl/α,β-unsaturated/α-hetero) is 1. The van der Waals surface area contributed by atoms with Crippen LogP contribution in [-0.2, 0) is 14.4 Å². The van der Waals surface area contributed by atoms with Crippen LogP contribution in [0.2, 0.25) is 0 Å². The number of hydrogen-bond donors (Lipinski definition) is 2. The number of carbonyl (C=O) groups excluding carboxylic acids is 1. The standard InChI is InChI=1S/C17H18O5/c18-14(11-6-4-5-7-11)10-13(16(19)20)15(17(21)22)12-8-2-1-3-9-12/h1-3,8-9,11H,4-7,10H2,(H,19,20)(H,21,22)/b15-13+. The molecule has 0 atom stereocenters. The lowest BCUT2D eigenvalue weighted by Crippen LogP contribution is -2.18. The molecule has 0 amide bonds. The molecule has 0 unspecified atom stereocenters. The van der Waals surface area contributed by atoms with E-state index < -0.39 is 11.9 Å². The molecule has 22 heavy (non-hydrogen) atoms. The second-order valence-electron chi connectivity index (χ2n) is 5.45. The summed E-state index contributed by atoms with van der Waals surface area (Å²) in [4.78, 5) is 35.2. The van der Waals surface area contributed by atoms with E-state index in [9.17, 15) is 24.6 Å². The predicted octanol–water partition coefficient (Wildman–Crippen LogP) is 2.76. The third kappa shape index (κ3) is 3.61. The van der Waals surface area contributed by atoms with Crippen molar-refractivity contribution in [1.29, 1.82) is 0 Å². The van der Waals surface area contributed by atoms with Crippen molar-refractivity contribution in [2.24, 2.45) is 5.92 Å². The smallest absolute Gasteiger partial charge is 0.336 e. The van der Waals surface area contributed by atoms with E-state index in [1.54, 1.807) is 18.2 Å². The molecule has 1 aromatic rings. The number of rotatable bonds is 6. The summed E-state index contributed by atoms with van der Waals surface area (Å²) in [6.45, 7) is 0. The lowest BCUT2D eigenvalue weighted by atomic mass is 9.91. The highest BCUT2D eigenvalue weighted by molar-refractivity contribution is 6.22. The molecule has 0 aromatic heterocycles. The molecule has 1 aliphatic rings. The van der Waals surface area contributed by atoms with Gasteiger partial charge in [-0.2, -0.15) is 0 Å². The van der Waals surface area contributed by atoms with Crippen LogP contribution in [0.4, 0.5) is 0 Å². The topological polar surface area (TPSA) is 91.7 Å². The molecule has 1 saturated carbocycles. The third-order valence-electron chi connectivity index (χ3n) is 4.00. The molecule has 5 nitrogen and oxygen atoms in total. The van der Waals surface area contributed by atoms with Gasteiger partial charge in [0, 0.05) is 12.3 Å². The van der Waals surface area contributed by atoms with Crippen LogP contribution in [0.3, 0.4) is 0 Å². The van der Waals surface area contributed by atoms with E-state index >= 15 is 0 Å². The molecule has 0 spiro atoms. The Morgan fingerprint density at radius 2 is 1.55 bits per heavy atom. The Morgan fingerprint density at radius 1 is 0.955 bits per heavy atom. The first-order valence-corrected chi connectivity index (χ1v) is 7.28. The molecular formula is C17H18O5. The largest absolute Gasteiger partial charge is 0.478 e. The van der Waals surface area contributed by atoms with Crippen molar-refractivity contribution in [3.05, 3.63) is 41.5 Å². The molecule has 1 aromatic carbocycles. The fourth-order valence-corrected chi connectivity index (χ4v) is 2.87. The summed E-state index contributed by atoms with van der Waals surface area (Å²) in [7, 11) is 0. The van der Waals surface area contributed by atoms with Crippen molar-refractivity contribution in [1.82, 2.24) is 0 Å². The van der Waals surface area contributed by atoms with Crippen LogP contribution in [-0.4, -0.2) is 27.9 Å². The molecule has 0 heterocycles. The van der Waals surface area contributed by atoms with E-state index in [0.29, 0.717) is 5.56 Å². The van der Waals surface area contributed by atoms with E-state index in [0.717, 1.165) is 25.7 Å². The Morgan fingerprint density at radius 3 is 2.05 bits per heavy atom. The van der Waals surface area contributed by atoms with Crippen LogP contribution in [0.25, 0.3) is 5.57 Å². The first-order valence-electron chi connectivity index (χ1n) is 7.28. The van der Waals surface area contributed by atoms with Crippen molar-refractivity contribution < 1.29 is 24.6 Å². The number of aliphatic carboxylic acids is 2. The second-order valence-corrected chi connectivity index (χ2v) is 5.45. The van der Waals surface area contributed by atoms with Gasteiger partial charge in [-0.3, -0.25) is 4.79 Å². The van der Waals surface area contributed by atoms with Gasteiger partial charge in [0.05, 0.1) is 11.1 Å². The third-order valence-corrected chi connectivity index (χ3v) is 4.00. The minimum Gasteiger partial charge on any atom is -0.478 e. The number of ketones is 1. The normalized spacial score (nSPS) is 16.2. The number of carboxylic acids is 2. The summed E-state index contributed by atoms with van der Waals surface area (Å²) in [5.41, 5.74) is -0.346. The van der Waals surface area contributed by atoms with Gasteiger partial charge in [0.15, 0.2) is 0 Å². The maximum absolute atomic E-state index is 12.2. The molecule has 0 radical (unpaired) electrons. The zero-order valence-electron chi connectivity index (χ0n) is 12.1. The zero-order chi connectivity index (χ0) is 16.1. The van der Waals surface area contributed by atoms with E-state index in [1.165, 1.54) is 12.1 Å². The maximum Gasteiger partial charge on any atom is 0.336 e. The van der Waals surface area contributed by atoms with E-state index in [-0.39, 0.29) is 29.3 Å². The van der Waals surface area contributed by atoms with Crippen molar-refractivity contribution in [3.8, 4) is 0 Å². The molecule has 0 aliphatic heterocycles. The molecule has 1 fully saturated rings. The first-order chi connectivity index (χ1) is 10.5. The summed E-state index contributed by atoms with van der Waals surface area (Å²) >= 11 is 0. The van der Waals surface area contributed by atoms with Crippen molar-refractivity contribution in [2.75, 3.05) is 0 Å². The van der Waals surface area contributed by atoms with Crippen LogP contribution < -0.4 is 0 Å². The molecule has 116 valence electrons. The number of benzene rings is 1. The van der Waals surface area contributed by atoms with E-state index in [1.807, 2.05) is 0 Å². The first kappa shape index (κ1) is 15.9. The van der Waals surface area contributed by atoms with Gasteiger partial charge in [-0.1, -0.05) is 43.2 Å². The lowest BCUT2D eigenvalue weighted by Gasteiger charge is -2.11. The van der Waals surface area contributed by atoms with Crippen molar-refractivity contribution in [3.63, 3.8) is 0 Å². The summed E-state index contributed by atoms with van der Waals surface area (Å²) in [5, 5.41) is 18.8. The second kappa shape index (κ2) is 7.02. The van der Waals surface area contributed by atoms with E-state index in [2.05, 4.69) is 0 Å². The summed E-state index contributed by atoms with van der Waals surface area (Å²) < 4.78 is 0. The minimum absolute atomic E-state index is 0.139. The van der Waals surface area contributed by atoms with Crippen LogP contribution in [0.15, 0.2) is 35.9 Å². The predicted molar refractivity (Wildman–Crippen MR) is 80.2 cm³/mol. The Labute approximate surface area is 128 Å². The SMILES string of the molecule is O=C(O)/C(CC(=O)C1CCCC1)=C(/C(=O)O)c1ccccc1. The Balaban J connectivity index is 2.39. The quantitative estimate of drug-likeness (QED) is 0.788. The van der Waals surface area contributed by atoms with Crippen molar-refractivity contribution >= 4 is 23.3 Å². The molecule has 2 N–H and O–H groups in total. The molecular weight excluding hydrogens is 284 g/mol. The van der Waals surface area contributed by atoms with Gasteiger partial charge in [0.2, 0.25) is 0 Å². The highest BCUT2D eigenvalue weighted by Crippen LogP contribution is 2.29. The summed E-state index contributed by atoms with van der Waals surface area (Å²) in [5.74, 6) is -3.00. The Hall–Kier alpha value is -2.43. The lowest BCUT2D eigenvalue weighted by molar-refractivity contribution is -0.135. The molecule has 5 heteroatoms. The van der Waals surface area contributed by atoms with Crippen LogP contribution in [0.1, 0.15) is 37.7 Å². The minimum atomic E-state index is -1.35. The van der Waals surface area contributed by atoms with Gasteiger partial charge < -0.3 is 10.2 Å². The molecule has 1 aliphatic carbocycles. The Bertz CT molecular complexity index is 609. The number of carboxylic acid groups (broad SMARTS) is 2. The van der Waals surface area contributed by atoms with Gasteiger partial charge in [-0.05, 0) is 18.4 Å². The van der Waals surface area contributed by atoms with E-state index in [4.69, 9.17) is 0 Å². The van der Waals surface area contributed by atoms with Gasteiger partial charge in [0.25, 0.3) is 0 Å². The van der Waals surface area contributed by atoms with Gasteiger partial charge in [0.1, 0.15) is 5.78 Å². The van der Waals surface area contributed by atoms with Gasteiger partial charge in [-0.15, -0.1) is 0 Å². The van der Waals surface area contributed by atoms with Crippen LogP contribution in [0, 0.1) is 5.92 Å². The van der Waals surface area contributed by atoms with Crippen LogP contribution in [0.5, 0.6) is 0 Å². The molecule has 0 saturated heterocycles. The van der Waals surface area contributed by atoms with Crippen molar-refractivity contribution in [2.45, 2.75) is 32.1 Å².